The van der Waals surface area contributed by atoms with Gasteiger partial charge < -0.3 is 19.1 Å². The van der Waals surface area contributed by atoms with Crippen LogP contribution in [0.5, 0.6) is 0 Å². The van der Waals surface area contributed by atoms with E-state index in [2.05, 4.69) is 36.9 Å². The van der Waals surface area contributed by atoms with Gasteiger partial charge in [0.2, 0.25) is 0 Å². The van der Waals surface area contributed by atoms with Crippen LogP contribution in [0.2, 0.25) is 0 Å². The Morgan fingerprint density at radius 1 is 1.00 bits per heavy atom. The van der Waals surface area contributed by atoms with E-state index in [0.717, 1.165) is 32.5 Å². The van der Waals surface area contributed by atoms with Gasteiger partial charge in [0.25, 0.3) is 0 Å². The summed E-state index contributed by atoms with van der Waals surface area (Å²) in [4.78, 5) is 25.7. The van der Waals surface area contributed by atoms with E-state index in [-0.39, 0.29) is 11.9 Å². The topological polar surface area (TPSA) is 63.5 Å². The fraction of sp³-hybridized carbons (Fsp3) is 0.321. The molecule has 1 amide bonds. The van der Waals surface area contributed by atoms with Crippen LogP contribution in [0.15, 0.2) is 65.5 Å². The molecule has 0 aliphatic carbocycles. The molecule has 2 aromatic carbocycles. The van der Waals surface area contributed by atoms with Gasteiger partial charge in [-0.1, -0.05) is 52.3 Å². The zero-order valence-electron chi connectivity index (χ0n) is 21.1. The van der Waals surface area contributed by atoms with E-state index in [1.54, 1.807) is 23.4 Å². The quantitative estimate of drug-likeness (QED) is 0.299. The summed E-state index contributed by atoms with van der Waals surface area (Å²) >= 11 is 3.64. The van der Waals surface area contributed by atoms with Crippen molar-refractivity contribution in [3.05, 3.63) is 76.9 Å². The van der Waals surface area contributed by atoms with E-state index in [4.69, 9.17) is 4.74 Å². The van der Waals surface area contributed by atoms with Crippen molar-refractivity contribution >= 4 is 38.9 Å². The number of fused-ring (bicyclic) bond motifs is 1. The Balaban J connectivity index is 1.53. The van der Waals surface area contributed by atoms with Crippen LogP contribution < -0.4 is 4.90 Å². The molecule has 4 aromatic rings. The summed E-state index contributed by atoms with van der Waals surface area (Å²) in [5, 5.41) is 0.797. The standard InChI is InChI=1S/C28H29BrFN5O2/c1-28(2,3)37-27(36)34-14-12-33(13-15-34)25-24-21(20-9-5-7-11-23(20)30)17-35(26(24)32-18-31-25)16-19-8-4-6-10-22(19)29/h4-11,17-18H,12-16H2,1-3H3. The van der Waals surface area contributed by atoms with Gasteiger partial charge in [0.1, 0.15) is 29.2 Å². The fourth-order valence-corrected chi connectivity index (χ4v) is 5.00. The molecule has 0 saturated carbocycles. The average molecular weight is 566 g/mol. The lowest BCUT2D eigenvalue weighted by molar-refractivity contribution is 0.0240. The van der Waals surface area contributed by atoms with Crippen LogP contribution in [0.1, 0.15) is 26.3 Å². The molecule has 0 atom stereocenters. The molecule has 0 N–H and O–H groups in total. The van der Waals surface area contributed by atoms with Gasteiger partial charge in [0.05, 0.1) is 11.9 Å². The molecule has 0 unspecified atom stereocenters. The molecule has 3 heterocycles. The van der Waals surface area contributed by atoms with Gasteiger partial charge >= 0.3 is 6.09 Å². The van der Waals surface area contributed by atoms with E-state index in [0.29, 0.717) is 38.3 Å². The Hall–Kier alpha value is -3.46. The lowest BCUT2D eigenvalue weighted by Crippen LogP contribution is -2.50. The molecule has 1 aliphatic heterocycles. The monoisotopic (exact) mass is 565 g/mol. The molecule has 5 rings (SSSR count). The number of piperazine rings is 1. The Kier molecular flexibility index (Phi) is 6.90. The third-order valence-electron chi connectivity index (χ3n) is 6.33. The average Bonchev–Trinajstić information content (AvgIpc) is 3.23. The van der Waals surface area contributed by atoms with Gasteiger partial charge in [-0.2, -0.15) is 0 Å². The van der Waals surface area contributed by atoms with Crippen LogP contribution in [0.25, 0.3) is 22.2 Å². The normalized spacial score (nSPS) is 14.3. The third kappa shape index (κ3) is 5.32. The van der Waals surface area contributed by atoms with Crippen molar-refractivity contribution in [1.29, 1.82) is 0 Å². The first kappa shape index (κ1) is 25.2. The van der Waals surface area contributed by atoms with Crippen molar-refractivity contribution in [3.8, 4) is 11.1 Å². The molecule has 1 saturated heterocycles. The first-order valence-corrected chi connectivity index (χ1v) is 13.1. The Morgan fingerprint density at radius 2 is 1.70 bits per heavy atom. The summed E-state index contributed by atoms with van der Waals surface area (Å²) in [5.41, 5.74) is 2.52. The van der Waals surface area contributed by atoms with E-state index in [9.17, 15) is 4.79 Å². The van der Waals surface area contributed by atoms with Crippen molar-refractivity contribution < 1.29 is 13.9 Å². The molecule has 7 nitrogen and oxygen atoms in total. The maximum absolute atomic E-state index is 15.0. The molecule has 0 spiro atoms. The predicted molar refractivity (Wildman–Crippen MR) is 146 cm³/mol. The van der Waals surface area contributed by atoms with Crippen molar-refractivity contribution in [1.82, 2.24) is 19.4 Å². The number of hydrogen-bond donors (Lipinski definition) is 0. The van der Waals surface area contributed by atoms with Crippen LogP contribution in [-0.2, 0) is 11.3 Å². The summed E-state index contributed by atoms with van der Waals surface area (Å²) in [6, 6.07) is 14.8. The Bertz CT molecular complexity index is 1440. The molecule has 1 fully saturated rings. The van der Waals surface area contributed by atoms with Gasteiger partial charge in [0, 0.05) is 48.0 Å². The Morgan fingerprint density at radius 3 is 2.41 bits per heavy atom. The highest BCUT2D eigenvalue weighted by atomic mass is 79.9. The smallest absolute Gasteiger partial charge is 0.410 e. The molecule has 0 radical (unpaired) electrons. The third-order valence-corrected chi connectivity index (χ3v) is 7.10. The molecule has 9 heteroatoms. The van der Waals surface area contributed by atoms with Crippen molar-refractivity contribution in [2.24, 2.45) is 0 Å². The molecular weight excluding hydrogens is 537 g/mol. The molecular formula is C28H29BrFN5O2. The number of nitrogens with zero attached hydrogens (tertiary/aromatic N) is 5. The number of anilines is 1. The van der Waals surface area contributed by atoms with E-state index in [1.807, 2.05) is 55.8 Å². The van der Waals surface area contributed by atoms with Gasteiger partial charge in [-0.15, -0.1) is 0 Å². The summed E-state index contributed by atoms with van der Waals surface area (Å²) in [6.45, 7) is 8.33. The number of halogens is 2. The Labute approximate surface area is 224 Å². The minimum Gasteiger partial charge on any atom is -0.444 e. The number of rotatable bonds is 4. The summed E-state index contributed by atoms with van der Waals surface area (Å²) in [7, 11) is 0. The second-order valence-electron chi connectivity index (χ2n) is 10.1. The number of aromatic nitrogens is 3. The van der Waals surface area contributed by atoms with Gasteiger partial charge in [-0.25, -0.2) is 19.2 Å². The number of benzene rings is 2. The van der Waals surface area contributed by atoms with Crippen molar-refractivity contribution in [2.45, 2.75) is 32.9 Å². The number of carbonyl (C=O) groups is 1. The number of amides is 1. The number of carbonyl (C=O) groups excluding carboxylic acids is 1. The first-order valence-electron chi connectivity index (χ1n) is 12.3. The molecule has 0 bridgehead atoms. The van der Waals surface area contributed by atoms with Crippen LogP contribution in [-0.4, -0.2) is 57.3 Å². The summed E-state index contributed by atoms with van der Waals surface area (Å²) < 4.78 is 23.6. The minimum absolute atomic E-state index is 0.299. The fourth-order valence-electron chi connectivity index (χ4n) is 4.59. The van der Waals surface area contributed by atoms with E-state index >= 15 is 4.39 Å². The van der Waals surface area contributed by atoms with E-state index in [1.165, 1.54) is 6.07 Å². The zero-order chi connectivity index (χ0) is 26.2. The van der Waals surface area contributed by atoms with E-state index < -0.39 is 5.60 Å². The number of ether oxygens (including phenoxy) is 1. The maximum Gasteiger partial charge on any atom is 0.410 e. The second-order valence-corrected chi connectivity index (χ2v) is 10.9. The van der Waals surface area contributed by atoms with Crippen molar-refractivity contribution in [2.75, 3.05) is 31.1 Å². The molecule has 2 aromatic heterocycles. The van der Waals surface area contributed by atoms with Crippen LogP contribution in [0, 0.1) is 5.82 Å². The van der Waals surface area contributed by atoms with Gasteiger partial charge in [-0.3, -0.25) is 0 Å². The molecule has 37 heavy (non-hydrogen) atoms. The second kappa shape index (κ2) is 10.1. The zero-order valence-corrected chi connectivity index (χ0v) is 22.7. The lowest BCUT2D eigenvalue weighted by atomic mass is 10.1. The largest absolute Gasteiger partial charge is 0.444 e. The van der Waals surface area contributed by atoms with Crippen LogP contribution in [0.4, 0.5) is 15.0 Å². The predicted octanol–water partition coefficient (Wildman–Crippen LogP) is 6.11. The summed E-state index contributed by atoms with van der Waals surface area (Å²) in [6.07, 6.45) is 3.20. The van der Waals surface area contributed by atoms with Crippen LogP contribution >= 0.6 is 15.9 Å². The van der Waals surface area contributed by atoms with Gasteiger partial charge in [-0.05, 0) is 38.5 Å². The number of hydrogen-bond acceptors (Lipinski definition) is 5. The maximum atomic E-state index is 15.0. The molecule has 192 valence electrons. The summed E-state index contributed by atoms with van der Waals surface area (Å²) in [5.74, 6) is 0.435. The van der Waals surface area contributed by atoms with Crippen molar-refractivity contribution in [3.63, 3.8) is 0 Å². The SMILES string of the molecule is CC(C)(C)OC(=O)N1CCN(c2ncnc3c2c(-c2ccccc2F)cn3Cc2ccccc2Br)CC1. The van der Waals surface area contributed by atoms with Gasteiger partial charge in [0.15, 0.2) is 0 Å². The first-order chi connectivity index (χ1) is 17.7. The van der Waals surface area contributed by atoms with Crippen LogP contribution in [0.3, 0.4) is 0 Å². The minimum atomic E-state index is -0.543. The highest BCUT2D eigenvalue weighted by Gasteiger charge is 2.28. The highest BCUT2D eigenvalue weighted by Crippen LogP contribution is 2.37. The molecule has 1 aliphatic rings. The highest BCUT2D eigenvalue weighted by molar-refractivity contribution is 9.10. The lowest BCUT2D eigenvalue weighted by Gasteiger charge is -2.36.